The Hall–Kier alpha value is -1.14. The van der Waals surface area contributed by atoms with Crippen LogP contribution < -0.4 is 10.2 Å². The highest BCUT2D eigenvalue weighted by molar-refractivity contribution is 6.28. The van der Waals surface area contributed by atoms with Crippen LogP contribution >= 0.6 is 11.6 Å². The zero-order valence-electron chi connectivity index (χ0n) is 10.9. The average Bonchev–Trinajstić information content (AvgIpc) is 2.75. The van der Waals surface area contributed by atoms with Gasteiger partial charge in [-0.2, -0.15) is 15.0 Å². The summed E-state index contributed by atoms with van der Waals surface area (Å²) in [6.07, 6.45) is 3.48. The fourth-order valence-corrected chi connectivity index (χ4v) is 2.30. The SMILES string of the molecule is COC1CCCC1Nc1nc(Cl)nc(N(C)C)n1. The first-order valence-corrected chi connectivity index (χ1v) is 6.36. The molecule has 2 unspecified atom stereocenters. The molecule has 1 aliphatic rings. The summed E-state index contributed by atoms with van der Waals surface area (Å²) in [5.41, 5.74) is 0. The van der Waals surface area contributed by atoms with Crippen LogP contribution in [0, 0.1) is 0 Å². The van der Waals surface area contributed by atoms with Gasteiger partial charge in [0.05, 0.1) is 12.1 Å². The molecule has 1 N–H and O–H groups in total. The van der Waals surface area contributed by atoms with Crippen molar-refractivity contribution in [3.8, 4) is 0 Å². The van der Waals surface area contributed by atoms with Crippen molar-refractivity contribution in [2.24, 2.45) is 0 Å². The topological polar surface area (TPSA) is 63.2 Å². The van der Waals surface area contributed by atoms with E-state index in [9.17, 15) is 0 Å². The van der Waals surface area contributed by atoms with E-state index in [4.69, 9.17) is 16.3 Å². The van der Waals surface area contributed by atoms with Crippen LogP contribution in [0.5, 0.6) is 0 Å². The predicted molar refractivity (Wildman–Crippen MR) is 71.2 cm³/mol. The third-order valence-corrected chi connectivity index (χ3v) is 3.24. The molecule has 7 heteroatoms. The molecule has 1 heterocycles. The molecule has 1 aromatic rings. The summed E-state index contributed by atoms with van der Waals surface area (Å²) in [5.74, 6) is 1.05. The van der Waals surface area contributed by atoms with Gasteiger partial charge < -0.3 is 15.0 Å². The number of rotatable bonds is 4. The fourth-order valence-electron chi connectivity index (χ4n) is 2.14. The minimum absolute atomic E-state index is 0.197. The minimum atomic E-state index is 0.197. The van der Waals surface area contributed by atoms with E-state index in [-0.39, 0.29) is 17.4 Å². The van der Waals surface area contributed by atoms with E-state index in [2.05, 4.69) is 20.3 Å². The van der Waals surface area contributed by atoms with Crippen molar-refractivity contribution in [1.29, 1.82) is 0 Å². The molecule has 1 fully saturated rings. The number of aromatic nitrogens is 3. The van der Waals surface area contributed by atoms with Crippen molar-refractivity contribution >= 4 is 23.5 Å². The molecule has 0 amide bonds. The first kappa shape index (κ1) is 13.3. The van der Waals surface area contributed by atoms with Gasteiger partial charge >= 0.3 is 0 Å². The highest BCUT2D eigenvalue weighted by Crippen LogP contribution is 2.24. The fraction of sp³-hybridized carbons (Fsp3) is 0.727. The standard InChI is InChI=1S/C11H18ClN5O/c1-17(2)11-15-9(12)14-10(16-11)13-7-5-4-6-8(7)18-3/h7-8H,4-6H2,1-3H3,(H,13,14,15,16). The molecule has 0 aliphatic heterocycles. The van der Waals surface area contributed by atoms with Crippen molar-refractivity contribution in [1.82, 2.24) is 15.0 Å². The lowest BCUT2D eigenvalue weighted by molar-refractivity contribution is 0.101. The second kappa shape index (κ2) is 5.67. The van der Waals surface area contributed by atoms with Gasteiger partial charge in [-0.05, 0) is 30.9 Å². The van der Waals surface area contributed by atoms with E-state index in [1.54, 1.807) is 12.0 Å². The van der Waals surface area contributed by atoms with Crippen LogP contribution in [0.3, 0.4) is 0 Å². The van der Waals surface area contributed by atoms with Gasteiger partial charge in [-0.15, -0.1) is 0 Å². The van der Waals surface area contributed by atoms with Gasteiger partial charge in [-0.1, -0.05) is 0 Å². The zero-order valence-corrected chi connectivity index (χ0v) is 11.6. The van der Waals surface area contributed by atoms with Gasteiger partial charge in [0.25, 0.3) is 0 Å². The summed E-state index contributed by atoms with van der Waals surface area (Å²) in [4.78, 5) is 14.3. The van der Waals surface area contributed by atoms with E-state index < -0.39 is 0 Å². The molecular formula is C11H18ClN5O. The Balaban J connectivity index is 2.13. The first-order valence-electron chi connectivity index (χ1n) is 5.98. The predicted octanol–water partition coefficient (Wildman–Crippen LogP) is 1.57. The monoisotopic (exact) mass is 271 g/mol. The van der Waals surface area contributed by atoms with E-state index in [0.717, 1.165) is 19.3 Å². The zero-order chi connectivity index (χ0) is 13.1. The summed E-state index contributed by atoms with van der Waals surface area (Å²) in [6, 6.07) is 0.239. The molecule has 1 aliphatic carbocycles. The molecule has 2 rings (SSSR count). The third kappa shape index (κ3) is 3.00. The van der Waals surface area contributed by atoms with Crippen molar-refractivity contribution in [3.63, 3.8) is 0 Å². The van der Waals surface area contributed by atoms with E-state index in [1.165, 1.54) is 0 Å². The lowest BCUT2D eigenvalue weighted by Gasteiger charge is -2.20. The lowest BCUT2D eigenvalue weighted by atomic mass is 10.2. The molecule has 1 saturated carbocycles. The van der Waals surface area contributed by atoms with Crippen molar-refractivity contribution in [2.45, 2.75) is 31.4 Å². The second-order valence-corrected chi connectivity index (χ2v) is 4.92. The molecule has 0 spiro atoms. The number of anilines is 2. The smallest absolute Gasteiger partial charge is 0.230 e. The van der Waals surface area contributed by atoms with Crippen LogP contribution in [0.4, 0.5) is 11.9 Å². The van der Waals surface area contributed by atoms with Crippen molar-refractivity contribution in [3.05, 3.63) is 5.28 Å². The summed E-state index contributed by atoms with van der Waals surface area (Å²) in [6.45, 7) is 0. The van der Waals surface area contributed by atoms with E-state index in [1.807, 2.05) is 14.1 Å². The van der Waals surface area contributed by atoms with Crippen molar-refractivity contribution in [2.75, 3.05) is 31.4 Å². The molecule has 0 radical (unpaired) electrons. The maximum Gasteiger partial charge on any atom is 0.230 e. The van der Waals surface area contributed by atoms with Gasteiger partial charge in [-0.3, -0.25) is 0 Å². The van der Waals surface area contributed by atoms with Gasteiger partial charge in [-0.25, -0.2) is 0 Å². The number of hydrogen-bond acceptors (Lipinski definition) is 6. The molecule has 1 aromatic heterocycles. The van der Waals surface area contributed by atoms with Gasteiger partial charge in [0.2, 0.25) is 17.2 Å². The number of nitrogens with one attached hydrogen (secondary N) is 1. The number of halogens is 1. The van der Waals surface area contributed by atoms with E-state index in [0.29, 0.717) is 11.9 Å². The molecule has 100 valence electrons. The lowest BCUT2D eigenvalue weighted by Crippen LogP contribution is -2.31. The van der Waals surface area contributed by atoms with Gasteiger partial charge in [0.1, 0.15) is 0 Å². The normalized spacial score (nSPS) is 23.1. The Kier molecular flexibility index (Phi) is 4.19. The largest absolute Gasteiger partial charge is 0.379 e. The van der Waals surface area contributed by atoms with Crippen molar-refractivity contribution < 1.29 is 4.74 Å². The quantitative estimate of drug-likeness (QED) is 0.897. The number of nitrogens with zero attached hydrogens (tertiary/aromatic N) is 4. The molecule has 0 bridgehead atoms. The maximum atomic E-state index is 5.89. The van der Waals surface area contributed by atoms with Crippen LogP contribution in [0.2, 0.25) is 5.28 Å². The third-order valence-electron chi connectivity index (χ3n) is 3.07. The second-order valence-electron chi connectivity index (χ2n) is 4.58. The highest BCUT2D eigenvalue weighted by atomic mass is 35.5. The molecule has 2 atom stereocenters. The van der Waals surface area contributed by atoms with Gasteiger partial charge in [0.15, 0.2) is 0 Å². The van der Waals surface area contributed by atoms with Crippen LogP contribution in [0.25, 0.3) is 0 Å². The maximum absolute atomic E-state index is 5.89. The van der Waals surface area contributed by atoms with Gasteiger partial charge in [0, 0.05) is 21.2 Å². The summed E-state index contributed by atoms with van der Waals surface area (Å²) < 4.78 is 5.43. The Morgan fingerprint density at radius 3 is 2.72 bits per heavy atom. The Morgan fingerprint density at radius 1 is 1.28 bits per heavy atom. The molecule has 0 aromatic carbocycles. The first-order chi connectivity index (χ1) is 8.60. The summed E-state index contributed by atoms with van der Waals surface area (Å²) >= 11 is 5.89. The van der Waals surface area contributed by atoms with Crippen LogP contribution in [-0.2, 0) is 4.74 Å². The van der Waals surface area contributed by atoms with Crippen LogP contribution in [0.1, 0.15) is 19.3 Å². The Morgan fingerprint density at radius 2 is 2.06 bits per heavy atom. The van der Waals surface area contributed by atoms with Crippen LogP contribution in [-0.4, -0.2) is 48.3 Å². The molecule has 18 heavy (non-hydrogen) atoms. The molecule has 0 saturated heterocycles. The molecular weight excluding hydrogens is 254 g/mol. The van der Waals surface area contributed by atoms with E-state index >= 15 is 0 Å². The number of methoxy groups -OCH3 is 1. The Bertz CT molecular complexity index is 414. The Labute approximate surface area is 112 Å². The van der Waals surface area contributed by atoms with Crippen LogP contribution in [0.15, 0.2) is 0 Å². The number of hydrogen-bond donors (Lipinski definition) is 1. The highest BCUT2D eigenvalue weighted by Gasteiger charge is 2.27. The summed E-state index contributed by atoms with van der Waals surface area (Å²) in [7, 11) is 5.46. The minimum Gasteiger partial charge on any atom is -0.379 e. The number of ether oxygens (including phenoxy) is 1. The average molecular weight is 272 g/mol. The molecule has 6 nitrogen and oxygen atoms in total. The summed E-state index contributed by atoms with van der Waals surface area (Å²) in [5, 5.41) is 3.48.